The number of halogens is 6. The number of benzene rings is 3. The average molecular weight is 556 g/mol. The van der Waals surface area contributed by atoms with Gasteiger partial charge >= 0.3 is 12.4 Å². The van der Waals surface area contributed by atoms with Crippen LogP contribution in [0.2, 0.25) is 0 Å². The number of anilines is 1. The van der Waals surface area contributed by atoms with E-state index in [4.69, 9.17) is 0 Å². The van der Waals surface area contributed by atoms with Gasteiger partial charge in [0, 0.05) is 5.56 Å². The first-order chi connectivity index (χ1) is 17.7. The van der Waals surface area contributed by atoms with Gasteiger partial charge in [0.2, 0.25) is 0 Å². The summed E-state index contributed by atoms with van der Waals surface area (Å²) in [6.07, 6.45) is -10.7. The van der Waals surface area contributed by atoms with E-state index in [1.54, 1.807) is 36.4 Å². The van der Waals surface area contributed by atoms with Crippen molar-refractivity contribution in [1.29, 1.82) is 0 Å². The van der Waals surface area contributed by atoms with Crippen molar-refractivity contribution in [3.63, 3.8) is 0 Å². The third-order valence-electron chi connectivity index (χ3n) is 5.59. The lowest BCUT2D eigenvalue weighted by atomic mass is 9.92. The minimum absolute atomic E-state index is 0.138. The van der Waals surface area contributed by atoms with E-state index in [1.807, 2.05) is 0 Å². The quantitative estimate of drug-likeness (QED) is 0.325. The summed E-state index contributed by atoms with van der Waals surface area (Å²) in [6, 6.07) is 18.0. The summed E-state index contributed by atoms with van der Waals surface area (Å²) >= 11 is 0. The van der Waals surface area contributed by atoms with Gasteiger partial charge in [0.25, 0.3) is 15.6 Å². The molecule has 200 valence electrons. The van der Waals surface area contributed by atoms with Gasteiger partial charge in [-0.25, -0.2) is 13.1 Å². The molecule has 0 fully saturated rings. The van der Waals surface area contributed by atoms with Gasteiger partial charge in [0.15, 0.2) is 0 Å². The molecule has 0 saturated carbocycles. The van der Waals surface area contributed by atoms with Gasteiger partial charge in [-0.3, -0.25) is 4.31 Å². The van der Waals surface area contributed by atoms with Crippen LogP contribution in [-0.2, 0) is 22.2 Å². The second-order valence-corrected chi connectivity index (χ2v) is 9.93. The van der Waals surface area contributed by atoms with Crippen LogP contribution in [0.1, 0.15) is 11.3 Å². The van der Waals surface area contributed by atoms with Gasteiger partial charge in [-0.1, -0.05) is 53.7 Å². The first kappa shape index (κ1) is 27.1. The van der Waals surface area contributed by atoms with E-state index >= 15 is 0 Å². The Morgan fingerprint density at radius 1 is 0.789 bits per heavy atom. The summed E-state index contributed by atoms with van der Waals surface area (Å²) in [7, 11) is -4.36. The summed E-state index contributed by atoms with van der Waals surface area (Å²) < 4.78 is 109. The zero-order valence-corrected chi connectivity index (χ0v) is 19.9. The third kappa shape index (κ3) is 4.96. The molecule has 1 heterocycles. The second-order valence-electron chi connectivity index (χ2n) is 8.07. The molecule has 0 aliphatic rings. The predicted octanol–water partition coefficient (Wildman–Crippen LogP) is 4.98. The lowest BCUT2D eigenvalue weighted by Gasteiger charge is -2.33. The lowest BCUT2D eigenvalue weighted by Crippen LogP contribution is -2.53. The first-order valence-electron chi connectivity index (χ1n) is 10.8. The number of sulfonamides is 1. The largest absolute Gasteiger partial charge is 0.430 e. The number of nitrogens with zero attached hydrogens (tertiary/aromatic N) is 4. The van der Waals surface area contributed by atoms with Gasteiger partial charge in [-0.2, -0.15) is 26.3 Å². The van der Waals surface area contributed by atoms with E-state index in [0.717, 1.165) is 16.4 Å². The maximum absolute atomic E-state index is 13.5. The van der Waals surface area contributed by atoms with Crippen LogP contribution in [0.25, 0.3) is 5.69 Å². The highest BCUT2D eigenvalue weighted by Crippen LogP contribution is 2.50. The summed E-state index contributed by atoms with van der Waals surface area (Å²) in [5.74, 6) is 0. The Hall–Kier alpha value is -3.91. The monoisotopic (exact) mass is 556 g/mol. The molecule has 38 heavy (non-hydrogen) atoms. The molecule has 0 aliphatic heterocycles. The van der Waals surface area contributed by atoms with Crippen LogP contribution in [0, 0.1) is 0 Å². The molecule has 4 aromatic rings. The van der Waals surface area contributed by atoms with Crippen molar-refractivity contribution in [2.24, 2.45) is 0 Å². The zero-order valence-electron chi connectivity index (χ0n) is 19.1. The van der Waals surface area contributed by atoms with Gasteiger partial charge in [0.05, 0.1) is 29.0 Å². The molecule has 0 spiro atoms. The Labute approximate surface area is 212 Å². The molecule has 0 bridgehead atoms. The Bertz CT molecular complexity index is 1480. The normalized spacial score (nSPS) is 12.9. The molecular formula is C24H18F6N4O3S. The van der Waals surface area contributed by atoms with E-state index in [2.05, 4.69) is 10.3 Å². The maximum Gasteiger partial charge on any atom is 0.430 e. The summed E-state index contributed by atoms with van der Waals surface area (Å²) in [6.45, 7) is -0.452. The molecule has 0 radical (unpaired) electrons. The van der Waals surface area contributed by atoms with Crippen molar-refractivity contribution in [2.75, 3.05) is 4.31 Å². The van der Waals surface area contributed by atoms with Crippen LogP contribution in [-0.4, -0.2) is 40.9 Å². The molecule has 0 saturated heterocycles. The van der Waals surface area contributed by atoms with Crippen molar-refractivity contribution < 1.29 is 39.9 Å². The summed E-state index contributed by atoms with van der Waals surface area (Å²) in [4.78, 5) is -0.179. The number of rotatable bonds is 7. The van der Waals surface area contributed by atoms with E-state index in [1.165, 1.54) is 35.1 Å². The molecule has 3 aromatic carbocycles. The molecule has 0 aliphatic carbocycles. The minimum Gasteiger partial charge on any atom is -0.369 e. The Morgan fingerprint density at radius 3 is 1.84 bits per heavy atom. The van der Waals surface area contributed by atoms with Crippen molar-refractivity contribution in [1.82, 2.24) is 15.0 Å². The van der Waals surface area contributed by atoms with Gasteiger partial charge in [0.1, 0.15) is 5.69 Å². The number of aromatic nitrogens is 3. The zero-order chi connectivity index (χ0) is 27.8. The molecule has 4 rings (SSSR count). The lowest BCUT2D eigenvalue weighted by molar-refractivity contribution is -0.376. The molecule has 1 N–H and O–H groups in total. The fourth-order valence-electron chi connectivity index (χ4n) is 3.62. The first-order valence-corrected chi connectivity index (χ1v) is 12.2. The molecule has 0 unspecified atom stereocenters. The van der Waals surface area contributed by atoms with Crippen LogP contribution < -0.4 is 4.31 Å². The minimum atomic E-state index is -6.08. The van der Waals surface area contributed by atoms with Gasteiger partial charge < -0.3 is 5.11 Å². The molecule has 14 heteroatoms. The van der Waals surface area contributed by atoms with Crippen LogP contribution >= 0.6 is 0 Å². The Morgan fingerprint density at radius 2 is 1.32 bits per heavy atom. The van der Waals surface area contributed by atoms with E-state index in [0.29, 0.717) is 17.8 Å². The molecule has 7 nitrogen and oxygen atoms in total. The van der Waals surface area contributed by atoms with Gasteiger partial charge in [-0.05, 0) is 36.4 Å². The van der Waals surface area contributed by atoms with Crippen LogP contribution in [0.5, 0.6) is 0 Å². The van der Waals surface area contributed by atoms with Crippen LogP contribution in [0.4, 0.5) is 32.0 Å². The molecule has 1 aromatic heterocycles. The Balaban J connectivity index is 1.77. The second kappa shape index (κ2) is 9.76. The van der Waals surface area contributed by atoms with Gasteiger partial charge in [-0.15, -0.1) is 5.10 Å². The highest BCUT2D eigenvalue weighted by molar-refractivity contribution is 7.92. The number of para-hydroxylation sites is 1. The topological polar surface area (TPSA) is 88.3 Å². The SMILES string of the molecule is O=S(=O)(c1ccccc1)N(Cc1cn(-c2ccccc2)nn1)c1ccc(C(O)(C(F)(F)F)C(F)(F)F)cc1. The van der Waals surface area contributed by atoms with E-state index in [-0.39, 0.29) is 16.3 Å². The maximum atomic E-state index is 13.5. The van der Waals surface area contributed by atoms with Crippen molar-refractivity contribution in [3.8, 4) is 5.69 Å². The smallest absolute Gasteiger partial charge is 0.369 e. The van der Waals surface area contributed by atoms with Crippen molar-refractivity contribution >= 4 is 15.7 Å². The highest BCUT2D eigenvalue weighted by atomic mass is 32.2. The predicted molar refractivity (Wildman–Crippen MR) is 124 cm³/mol. The van der Waals surface area contributed by atoms with Crippen molar-refractivity contribution in [3.05, 3.63) is 102 Å². The summed E-state index contributed by atoms with van der Waals surface area (Å²) in [5, 5.41) is 17.6. The fourth-order valence-corrected chi connectivity index (χ4v) is 5.07. The molecular weight excluding hydrogens is 538 g/mol. The Kier molecular flexibility index (Phi) is 6.97. The van der Waals surface area contributed by atoms with E-state index in [9.17, 15) is 39.9 Å². The third-order valence-corrected chi connectivity index (χ3v) is 7.38. The van der Waals surface area contributed by atoms with Crippen LogP contribution in [0.15, 0.2) is 96.0 Å². The fraction of sp³-hybridized carbons (Fsp3) is 0.167. The average Bonchev–Trinajstić information content (AvgIpc) is 3.35. The number of aliphatic hydroxyl groups is 1. The number of hydrogen-bond acceptors (Lipinski definition) is 5. The van der Waals surface area contributed by atoms with Crippen LogP contribution in [0.3, 0.4) is 0 Å². The van der Waals surface area contributed by atoms with E-state index < -0.39 is 40.1 Å². The standard InChI is InChI=1S/C24H18F6N4O3S/c25-23(26,27)22(35,24(28,29)30)17-11-13-20(14-12-17)34(38(36,37)21-9-5-2-6-10-21)16-18-15-33(32-31-18)19-7-3-1-4-8-19/h1-15,35H,16H2. The number of alkyl halides is 6. The van der Waals surface area contributed by atoms with Crippen molar-refractivity contribution in [2.45, 2.75) is 29.4 Å². The highest BCUT2D eigenvalue weighted by Gasteiger charge is 2.71. The molecule has 0 amide bonds. The number of hydrogen-bond donors (Lipinski definition) is 1. The molecule has 0 atom stereocenters. The summed E-state index contributed by atoms with van der Waals surface area (Å²) in [5.41, 5.74) is -6.18.